The van der Waals surface area contributed by atoms with Crippen molar-refractivity contribution in [3.05, 3.63) is 131 Å². The summed E-state index contributed by atoms with van der Waals surface area (Å²) in [6.07, 6.45) is 19.2. The van der Waals surface area contributed by atoms with Gasteiger partial charge in [0.05, 0.1) is 13.2 Å². The summed E-state index contributed by atoms with van der Waals surface area (Å²) in [4.78, 5) is 0. The summed E-state index contributed by atoms with van der Waals surface area (Å²) in [6, 6.07) is 24.5. The molecule has 0 N–H and O–H groups in total. The van der Waals surface area contributed by atoms with Crippen LogP contribution in [-0.4, -0.2) is 13.2 Å². The molecular weight excluding hydrogens is 669 g/mol. The normalized spacial score (nSPS) is 21.2. The van der Waals surface area contributed by atoms with Crippen LogP contribution in [0.25, 0.3) is 33.4 Å². The van der Waals surface area contributed by atoms with Crippen LogP contribution < -0.4 is 0 Å². The van der Waals surface area contributed by atoms with E-state index in [0.29, 0.717) is 36.2 Å². The summed E-state index contributed by atoms with van der Waals surface area (Å²) in [5.74, 6) is -0.841. The highest BCUT2D eigenvalue weighted by atomic mass is 19.2. The van der Waals surface area contributed by atoms with Gasteiger partial charge in [0, 0.05) is 0 Å². The predicted octanol–water partition coefficient (Wildman–Crippen LogP) is 14.3. The van der Waals surface area contributed by atoms with Crippen molar-refractivity contribution in [3.63, 3.8) is 0 Å². The van der Waals surface area contributed by atoms with E-state index in [-0.39, 0.29) is 0 Å². The van der Waals surface area contributed by atoms with Gasteiger partial charge in [0.15, 0.2) is 23.3 Å². The molecule has 2 aliphatic carbocycles. The Morgan fingerprint density at radius 2 is 0.849 bits per heavy atom. The maximum atomic E-state index is 14.0. The number of hydrogen-bond acceptors (Lipinski definition) is 1. The first-order valence-electron chi connectivity index (χ1n) is 19.9. The molecule has 0 aromatic heterocycles. The smallest absolute Gasteiger partial charge is 0.159 e. The largest absolute Gasteiger partial charge is 0.373 e. The van der Waals surface area contributed by atoms with E-state index in [9.17, 15) is 17.6 Å². The van der Waals surface area contributed by atoms with Crippen molar-refractivity contribution in [2.24, 2.45) is 23.7 Å². The zero-order valence-corrected chi connectivity index (χ0v) is 31.4. The third-order valence-electron chi connectivity index (χ3n) is 11.8. The second-order valence-electron chi connectivity index (χ2n) is 15.3. The van der Waals surface area contributed by atoms with E-state index in [1.54, 1.807) is 12.1 Å². The Hall–Kier alpha value is -3.96. The molecule has 2 saturated carbocycles. The van der Waals surface area contributed by atoms with Gasteiger partial charge in [0.25, 0.3) is 0 Å². The molecule has 4 aromatic carbocycles. The minimum atomic E-state index is -0.840. The van der Waals surface area contributed by atoms with Crippen LogP contribution in [0.4, 0.5) is 17.6 Å². The van der Waals surface area contributed by atoms with E-state index in [1.165, 1.54) is 86.8 Å². The fraction of sp³-hybridized carbons (Fsp3) is 0.417. The Labute approximate surface area is 314 Å². The van der Waals surface area contributed by atoms with Gasteiger partial charge >= 0.3 is 0 Å². The molecule has 2 aliphatic rings. The third kappa shape index (κ3) is 10.2. The maximum Gasteiger partial charge on any atom is 0.159 e. The van der Waals surface area contributed by atoms with E-state index in [0.717, 1.165) is 59.8 Å². The van der Waals surface area contributed by atoms with Crippen LogP contribution in [-0.2, 0) is 4.74 Å². The standard InChI is InChI=1S/C48H54F4O/c1-3-5-33-7-11-37(12-8-33)43(39-19-15-35(16-20-39)41-23-25-45(49)47(51)31-41)27-29-53-30-28-44(38-13-9-34(6-4-2)10-14-38)40-21-17-36(18-22-40)42-24-26-46(50)48(52)32-42/h15-28,31-34,37-38H,3-14,29-30H2,1-2H3/t33-,34-,37-,38-. The Bertz CT molecular complexity index is 1690. The van der Waals surface area contributed by atoms with Gasteiger partial charge in [-0.05, 0) is 144 Å². The molecule has 0 atom stereocenters. The minimum Gasteiger partial charge on any atom is -0.373 e. The van der Waals surface area contributed by atoms with Gasteiger partial charge in [-0.25, -0.2) is 17.6 Å². The van der Waals surface area contributed by atoms with Crippen LogP contribution in [0, 0.1) is 46.9 Å². The van der Waals surface area contributed by atoms with Gasteiger partial charge in [0.1, 0.15) is 0 Å². The van der Waals surface area contributed by atoms with Crippen LogP contribution in [0.2, 0.25) is 0 Å². The van der Waals surface area contributed by atoms with Crippen molar-refractivity contribution < 1.29 is 22.3 Å². The molecular formula is C48H54F4O. The van der Waals surface area contributed by atoms with Gasteiger partial charge in [-0.3, -0.25) is 0 Å². The van der Waals surface area contributed by atoms with Crippen molar-refractivity contribution in [3.8, 4) is 22.3 Å². The van der Waals surface area contributed by atoms with Gasteiger partial charge in [0.2, 0.25) is 0 Å². The summed E-state index contributed by atoms with van der Waals surface area (Å²) in [6.45, 7) is 5.53. The minimum absolute atomic E-state index is 0.457. The molecule has 53 heavy (non-hydrogen) atoms. The lowest BCUT2D eigenvalue weighted by atomic mass is 9.75. The zero-order valence-electron chi connectivity index (χ0n) is 31.4. The number of allylic oxidation sites excluding steroid dienone is 2. The van der Waals surface area contributed by atoms with Crippen LogP contribution in [0.3, 0.4) is 0 Å². The molecule has 0 heterocycles. The molecule has 4 aromatic rings. The van der Waals surface area contributed by atoms with Crippen LogP contribution >= 0.6 is 0 Å². The molecule has 0 amide bonds. The van der Waals surface area contributed by atoms with Gasteiger partial charge < -0.3 is 4.74 Å². The first-order chi connectivity index (χ1) is 25.8. The van der Waals surface area contributed by atoms with E-state index in [4.69, 9.17) is 4.74 Å². The van der Waals surface area contributed by atoms with Gasteiger partial charge in [-0.2, -0.15) is 0 Å². The van der Waals surface area contributed by atoms with E-state index in [1.807, 2.05) is 24.3 Å². The quantitative estimate of drug-likeness (QED) is 0.0930. The number of rotatable bonds is 14. The molecule has 0 radical (unpaired) electrons. The molecule has 0 unspecified atom stereocenters. The number of ether oxygens (including phenoxy) is 1. The molecule has 0 bridgehead atoms. The average molecular weight is 723 g/mol. The second-order valence-corrected chi connectivity index (χ2v) is 15.3. The van der Waals surface area contributed by atoms with Crippen LogP contribution in [0.15, 0.2) is 97.1 Å². The predicted molar refractivity (Wildman–Crippen MR) is 211 cm³/mol. The lowest BCUT2D eigenvalue weighted by Gasteiger charge is -2.31. The number of benzene rings is 4. The lowest BCUT2D eigenvalue weighted by molar-refractivity contribution is 0.193. The topological polar surface area (TPSA) is 9.23 Å². The van der Waals surface area contributed by atoms with E-state index < -0.39 is 23.3 Å². The summed E-state index contributed by atoms with van der Waals surface area (Å²) in [5, 5.41) is 0. The maximum absolute atomic E-state index is 14.0. The second kappa shape index (κ2) is 18.9. The molecule has 1 nitrogen and oxygen atoms in total. The van der Waals surface area contributed by atoms with Gasteiger partial charge in [-0.1, -0.05) is 112 Å². The Morgan fingerprint density at radius 3 is 1.19 bits per heavy atom. The summed E-state index contributed by atoms with van der Waals surface area (Å²) < 4.78 is 61.5. The number of halogens is 4. The molecule has 6 rings (SSSR count). The molecule has 0 aliphatic heterocycles. The van der Waals surface area contributed by atoms with Crippen molar-refractivity contribution >= 4 is 11.1 Å². The fourth-order valence-corrected chi connectivity index (χ4v) is 8.81. The van der Waals surface area contributed by atoms with Crippen molar-refractivity contribution in [1.29, 1.82) is 0 Å². The van der Waals surface area contributed by atoms with Crippen molar-refractivity contribution in [1.82, 2.24) is 0 Å². The van der Waals surface area contributed by atoms with Crippen LogP contribution in [0.5, 0.6) is 0 Å². The van der Waals surface area contributed by atoms with Crippen LogP contribution in [0.1, 0.15) is 102 Å². The molecule has 2 fully saturated rings. The monoisotopic (exact) mass is 722 g/mol. The van der Waals surface area contributed by atoms with E-state index in [2.05, 4.69) is 50.3 Å². The lowest BCUT2D eigenvalue weighted by Crippen LogP contribution is -2.16. The highest BCUT2D eigenvalue weighted by molar-refractivity contribution is 5.73. The summed E-state index contributed by atoms with van der Waals surface area (Å²) in [5.41, 5.74) is 7.95. The van der Waals surface area contributed by atoms with Gasteiger partial charge in [-0.15, -0.1) is 0 Å². The fourth-order valence-electron chi connectivity index (χ4n) is 8.81. The Kier molecular flexibility index (Phi) is 13.8. The molecule has 0 spiro atoms. The molecule has 0 saturated heterocycles. The van der Waals surface area contributed by atoms with Crippen molar-refractivity contribution in [2.75, 3.05) is 13.2 Å². The van der Waals surface area contributed by atoms with E-state index >= 15 is 0 Å². The third-order valence-corrected chi connectivity index (χ3v) is 11.8. The summed E-state index contributed by atoms with van der Waals surface area (Å²) >= 11 is 0. The first-order valence-corrected chi connectivity index (χ1v) is 19.9. The SMILES string of the molecule is CCC[C@H]1CC[C@H](C(=CCOCC=C(c2ccc(-c3ccc(F)c(F)c3)cc2)[C@H]2CC[C@H](CCC)CC2)c2ccc(-c3ccc(F)c(F)c3)cc2)CC1. The Balaban J connectivity index is 1.19. The number of hydrogen-bond donors (Lipinski definition) is 0. The molecule has 5 heteroatoms. The first kappa shape index (κ1) is 38.8. The summed E-state index contributed by atoms with van der Waals surface area (Å²) in [7, 11) is 0. The zero-order chi connectivity index (χ0) is 37.2. The Morgan fingerprint density at radius 1 is 0.491 bits per heavy atom. The average Bonchev–Trinajstić information content (AvgIpc) is 3.18. The molecule has 280 valence electrons. The van der Waals surface area contributed by atoms with Crippen molar-refractivity contribution in [2.45, 2.75) is 90.9 Å². The highest BCUT2D eigenvalue weighted by Crippen LogP contribution is 2.41. The highest BCUT2D eigenvalue weighted by Gasteiger charge is 2.26.